The molecule has 9 heavy (non-hydrogen) atoms. The van der Waals surface area contributed by atoms with Crippen molar-refractivity contribution in [2.24, 2.45) is 5.41 Å². The molecule has 0 aromatic carbocycles. The minimum absolute atomic E-state index is 0.0259. The molecule has 0 aliphatic heterocycles. The lowest BCUT2D eigenvalue weighted by molar-refractivity contribution is 0.571. The largest absolute Gasteiger partial charge is 0.0928 e. The zero-order valence-corrected chi connectivity index (χ0v) is 7.84. The first-order valence-corrected chi connectivity index (χ1v) is 5.35. The maximum absolute atomic E-state index is 3.20. The van der Waals surface area contributed by atoms with Crippen molar-refractivity contribution in [1.29, 1.82) is 0 Å². The minimum atomic E-state index is -0.0259. The van der Waals surface area contributed by atoms with Gasteiger partial charge in [-0.3, -0.25) is 0 Å². The highest BCUT2D eigenvalue weighted by Crippen LogP contribution is 2.23. The Morgan fingerprint density at radius 3 is 1.67 bits per heavy atom. The van der Waals surface area contributed by atoms with Crippen LogP contribution in [0.5, 0.6) is 0 Å². The molecule has 0 unspecified atom stereocenters. The van der Waals surface area contributed by atoms with Crippen molar-refractivity contribution in [3.05, 3.63) is 0 Å². The molecule has 0 fully saturated rings. The number of rotatable bonds is 0. The summed E-state index contributed by atoms with van der Waals surface area (Å²) in [4.78, 5) is 0. The molecule has 0 bridgehead atoms. The topological polar surface area (TPSA) is 0 Å². The van der Waals surface area contributed by atoms with Crippen LogP contribution in [0.15, 0.2) is 0 Å². The highest BCUT2D eigenvalue weighted by Gasteiger charge is 2.02. The lowest BCUT2D eigenvalue weighted by Crippen LogP contribution is -1.98. The Kier molecular flexibility index (Phi) is 3.23. The van der Waals surface area contributed by atoms with Crippen LogP contribution in [0, 0.1) is 17.0 Å². The Balaban J connectivity index is 3.88. The first-order chi connectivity index (χ1) is 3.92. The SMILES string of the molecule is CP(C)C#CC(C)(C)C. The van der Waals surface area contributed by atoms with Crippen molar-refractivity contribution < 1.29 is 0 Å². The fourth-order valence-electron chi connectivity index (χ4n) is 0.280. The second kappa shape index (κ2) is 3.23. The third-order valence-corrected chi connectivity index (χ3v) is 1.21. The van der Waals surface area contributed by atoms with Gasteiger partial charge in [0.05, 0.1) is 0 Å². The van der Waals surface area contributed by atoms with E-state index in [1.165, 1.54) is 0 Å². The van der Waals surface area contributed by atoms with Gasteiger partial charge in [-0.25, -0.2) is 0 Å². The molecule has 0 aromatic rings. The van der Waals surface area contributed by atoms with Crippen LogP contribution in [0.2, 0.25) is 0 Å². The van der Waals surface area contributed by atoms with E-state index in [1.807, 2.05) is 0 Å². The zero-order valence-electron chi connectivity index (χ0n) is 6.95. The number of hydrogen-bond donors (Lipinski definition) is 0. The van der Waals surface area contributed by atoms with E-state index in [4.69, 9.17) is 0 Å². The van der Waals surface area contributed by atoms with Crippen LogP contribution in [0.1, 0.15) is 20.8 Å². The summed E-state index contributed by atoms with van der Waals surface area (Å²) < 4.78 is 0. The summed E-state index contributed by atoms with van der Waals surface area (Å²) in [5, 5.41) is 0. The average Bonchev–Trinajstić information content (AvgIpc) is 1.59. The van der Waals surface area contributed by atoms with E-state index in [1.54, 1.807) is 0 Å². The van der Waals surface area contributed by atoms with Crippen LogP contribution in [0.3, 0.4) is 0 Å². The van der Waals surface area contributed by atoms with Crippen molar-refractivity contribution in [2.75, 3.05) is 13.3 Å². The van der Waals surface area contributed by atoms with Crippen LogP contribution in [0.4, 0.5) is 0 Å². The normalized spacial score (nSPS) is 10.9. The van der Waals surface area contributed by atoms with Crippen molar-refractivity contribution in [3.8, 4) is 11.6 Å². The van der Waals surface area contributed by atoms with Gasteiger partial charge >= 0.3 is 0 Å². The van der Waals surface area contributed by atoms with Crippen LogP contribution in [0.25, 0.3) is 0 Å². The van der Waals surface area contributed by atoms with Gasteiger partial charge in [-0.2, -0.15) is 0 Å². The molecule has 0 rings (SSSR count). The highest BCUT2D eigenvalue weighted by atomic mass is 31.1. The van der Waals surface area contributed by atoms with Crippen molar-refractivity contribution in [2.45, 2.75) is 20.8 Å². The molecular weight excluding hydrogens is 127 g/mol. The molecule has 0 saturated carbocycles. The summed E-state index contributed by atoms with van der Waals surface area (Å²) in [7, 11) is -0.0259. The minimum Gasteiger partial charge on any atom is -0.0928 e. The van der Waals surface area contributed by atoms with Crippen LogP contribution >= 0.6 is 7.92 Å². The lowest BCUT2D eigenvalue weighted by Gasteiger charge is -2.07. The van der Waals surface area contributed by atoms with E-state index >= 15 is 0 Å². The Labute approximate surface area is 59.8 Å². The second-order valence-electron chi connectivity index (χ2n) is 3.38. The van der Waals surface area contributed by atoms with Gasteiger partial charge in [0.1, 0.15) is 0 Å². The van der Waals surface area contributed by atoms with E-state index in [0.29, 0.717) is 0 Å². The molecule has 0 N–H and O–H groups in total. The molecule has 0 heterocycles. The molecule has 0 atom stereocenters. The molecule has 52 valence electrons. The predicted molar refractivity (Wildman–Crippen MR) is 46.0 cm³/mol. The van der Waals surface area contributed by atoms with E-state index < -0.39 is 0 Å². The molecule has 0 saturated heterocycles. The van der Waals surface area contributed by atoms with E-state index in [9.17, 15) is 0 Å². The first kappa shape index (κ1) is 8.99. The van der Waals surface area contributed by atoms with Crippen LogP contribution < -0.4 is 0 Å². The van der Waals surface area contributed by atoms with E-state index in [2.05, 4.69) is 45.7 Å². The standard InChI is InChI=1S/C8H15P/c1-8(2,3)6-7-9(4)5/h1-5H3. The van der Waals surface area contributed by atoms with Gasteiger partial charge in [0.2, 0.25) is 0 Å². The molecular formula is C8H15P. The molecule has 0 spiro atoms. The van der Waals surface area contributed by atoms with Crippen LogP contribution in [-0.4, -0.2) is 13.3 Å². The van der Waals surface area contributed by atoms with Gasteiger partial charge < -0.3 is 0 Å². The van der Waals surface area contributed by atoms with Crippen molar-refractivity contribution >= 4 is 7.92 Å². The fourth-order valence-corrected chi connectivity index (χ4v) is 0.839. The predicted octanol–water partition coefficient (Wildman–Crippen LogP) is 2.73. The molecule has 0 aliphatic rings. The van der Waals surface area contributed by atoms with E-state index in [-0.39, 0.29) is 13.3 Å². The summed E-state index contributed by atoms with van der Waals surface area (Å²) >= 11 is 0. The third kappa shape index (κ3) is 7.99. The lowest BCUT2D eigenvalue weighted by atomic mass is 9.99. The third-order valence-electron chi connectivity index (χ3n) is 0.655. The summed E-state index contributed by atoms with van der Waals surface area (Å²) in [6.45, 7) is 10.8. The highest BCUT2D eigenvalue weighted by molar-refractivity contribution is 7.61. The molecule has 0 amide bonds. The maximum Gasteiger partial charge on any atom is 0.0233 e. The van der Waals surface area contributed by atoms with Crippen molar-refractivity contribution in [3.63, 3.8) is 0 Å². The van der Waals surface area contributed by atoms with Gasteiger partial charge in [0.25, 0.3) is 0 Å². The Hall–Kier alpha value is -0.0100. The fraction of sp³-hybridized carbons (Fsp3) is 0.750. The summed E-state index contributed by atoms with van der Waals surface area (Å²) in [5.74, 6) is 3.20. The summed E-state index contributed by atoms with van der Waals surface area (Å²) in [6.07, 6.45) is 0. The molecule has 1 heteroatoms. The van der Waals surface area contributed by atoms with Crippen molar-refractivity contribution in [1.82, 2.24) is 0 Å². The Morgan fingerprint density at radius 2 is 1.56 bits per heavy atom. The zero-order chi connectivity index (χ0) is 7.49. The van der Waals surface area contributed by atoms with Gasteiger partial charge in [-0.05, 0) is 42.0 Å². The summed E-state index contributed by atoms with van der Waals surface area (Å²) in [5.41, 5.74) is 3.39. The second-order valence-corrected chi connectivity index (χ2v) is 5.39. The number of hydrogen-bond acceptors (Lipinski definition) is 0. The van der Waals surface area contributed by atoms with Gasteiger partial charge in [0, 0.05) is 5.41 Å². The van der Waals surface area contributed by atoms with Crippen LogP contribution in [-0.2, 0) is 0 Å². The van der Waals surface area contributed by atoms with Gasteiger partial charge in [0.15, 0.2) is 0 Å². The summed E-state index contributed by atoms with van der Waals surface area (Å²) in [6, 6.07) is 0. The maximum atomic E-state index is 3.20. The molecule has 0 aromatic heterocycles. The Morgan fingerprint density at radius 1 is 1.11 bits per heavy atom. The van der Waals surface area contributed by atoms with Gasteiger partial charge in [-0.1, -0.05) is 11.6 Å². The Bertz CT molecular complexity index is 129. The van der Waals surface area contributed by atoms with E-state index in [0.717, 1.165) is 0 Å². The molecule has 0 aliphatic carbocycles. The average molecular weight is 142 g/mol. The molecule has 0 nitrogen and oxygen atoms in total. The monoisotopic (exact) mass is 142 g/mol. The molecule has 0 radical (unpaired) electrons. The van der Waals surface area contributed by atoms with Gasteiger partial charge in [-0.15, -0.1) is 0 Å². The quantitative estimate of drug-likeness (QED) is 0.360. The smallest absolute Gasteiger partial charge is 0.0233 e. The first-order valence-electron chi connectivity index (χ1n) is 3.12.